The summed E-state index contributed by atoms with van der Waals surface area (Å²) in [6.45, 7) is 5.95. The van der Waals surface area contributed by atoms with Gasteiger partial charge in [-0.3, -0.25) is 4.79 Å². The Morgan fingerprint density at radius 1 is 0.771 bits per heavy atom. The van der Waals surface area contributed by atoms with Crippen LogP contribution in [0.1, 0.15) is 69.1 Å². The van der Waals surface area contributed by atoms with Gasteiger partial charge < -0.3 is 19.1 Å². The first-order chi connectivity index (χ1) is 17.1. The summed E-state index contributed by atoms with van der Waals surface area (Å²) < 4.78 is 16.4. The van der Waals surface area contributed by atoms with Gasteiger partial charge in [-0.1, -0.05) is 63.8 Å². The summed E-state index contributed by atoms with van der Waals surface area (Å²) in [5, 5.41) is 0. The van der Waals surface area contributed by atoms with Crippen LogP contribution in [0.3, 0.4) is 0 Å². The average molecular weight is 480 g/mol. The number of carbonyl (C=O) groups is 1. The van der Waals surface area contributed by atoms with Crippen molar-refractivity contribution in [1.82, 2.24) is 4.90 Å². The third-order valence-corrected chi connectivity index (χ3v) is 5.94. The Morgan fingerprint density at radius 2 is 1.40 bits per heavy atom. The minimum absolute atomic E-state index is 0.0418. The van der Waals surface area contributed by atoms with Crippen LogP contribution < -0.4 is 14.2 Å². The van der Waals surface area contributed by atoms with Crippen molar-refractivity contribution in [3.63, 3.8) is 0 Å². The fourth-order valence-electron chi connectivity index (χ4n) is 3.82. The predicted octanol–water partition coefficient (Wildman–Crippen LogP) is 7.11. The van der Waals surface area contributed by atoms with Gasteiger partial charge in [0.2, 0.25) is 5.91 Å². The van der Waals surface area contributed by atoms with Gasteiger partial charge in [-0.2, -0.15) is 0 Å². The first-order valence-electron chi connectivity index (χ1n) is 12.6. The standard InChI is InChI=1S/C30H41NO4/c1-6-8-10-20-31(21-11-9-7-2)30(32)19-18-28-25(22-27(34-4)23-29(28)35-5)15-12-24-13-16-26(33-3)17-14-24/h12-19,22-23H,6-11,20-21H2,1-5H3/b15-12+,19-18+. The third-order valence-electron chi connectivity index (χ3n) is 5.94. The van der Waals surface area contributed by atoms with E-state index in [0.29, 0.717) is 11.5 Å². The Kier molecular flexibility index (Phi) is 12.5. The molecule has 0 saturated heterocycles. The van der Waals surface area contributed by atoms with Crippen molar-refractivity contribution in [2.45, 2.75) is 52.4 Å². The molecule has 0 bridgehead atoms. The first-order valence-corrected chi connectivity index (χ1v) is 12.6. The number of carbonyl (C=O) groups excluding carboxylic acids is 1. The van der Waals surface area contributed by atoms with Crippen molar-refractivity contribution in [1.29, 1.82) is 0 Å². The van der Waals surface area contributed by atoms with Crippen LogP contribution in [-0.4, -0.2) is 45.2 Å². The largest absolute Gasteiger partial charge is 0.497 e. The molecule has 0 aliphatic rings. The second-order valence-electron chi connectivity index (χ2n) is 8.51. The van der Waals surface area contributed by atoms with Gasteiger partial charge in [0, 0.05) is 30.8 Å². The highest BCUT2D eigenvalue weighted by Crippen LogP contribution is 2.31. The van der Waals surface area contributed by atoms with Crippen molar-refractivity contribution in [2.24, 2.45) is 0 Å². The molecule has 0 aliphatic heterocycles. The number of methoxy groups -OCH3 is 3. The third kappa shape index (κ3) is 9.16. The molecule has 0 spiro atoms. The SMILES string of the molecule is CCCCCN(CCCCC)C(=O)/C=C/c1c(/C=C/c2ccc(OC)cc2)cc(OC)cc1OC. The zero-order valence-electron chi connectivity index (χ0n) is 22.0. The Hall–Kier alpha value is -3.21. The molecule has 35 heavy (non-hydrogen) atoms. The van der Waals surface area contributed by atoms with E-state index in [4.69, 9.17) is 14.2 Å². The lowest BCUT2D eigenvalue weighted by atomic mass is 10.0. The Morgan fingerprint density at radius 3 is 1.94 bits per heavy atom. The topological polar surface area (TPSA) is 48.0 Å². The van der Waals surface area contributed by atoms with E-state index in [0.717, 1.165) is 74.1 Å². The van der Waals surface area contributed by atoms with Crippen molar-refractivity contribution in [3.8, 4) is 17.2 Å². The first kappa shape index (κ1) is 28.0. The molecule has 5 heteroatoms. The van der Waals surface area contributed by atoms with Gasteiger partial charge in [-0.05, 0) is 48.2 Å². The molecule has 190 valence electrons. The minimum atomic E-state index is 0.0418. The van der Waals surface area contributed by atoms with Crippen LogP contribution in [0.5, 0.6) is 17.2 Å². The predicted molar refractivity (Wildman–Crippen MR) is 146 cm³/mol. The second kappa shape index (κ2) is 15.6. The minimum Gasteiger partial charge on any atom is -0.497 e. The molecule has 5 nitrogen and oxygen atoms in total. The molecule has 0 heterocycles. The number of amides is 1. The summed E-state index contributed by atoms with van der Waals surface area (Å²) in [5.74, 6) is 2.21. The number of nitrogens with zero attached hydrogens (tertiary/aromatic N) is 1. The molecular weight excluding hydrogens is 438 g/mol. The van der Waals surface area contributed by atoms with Crippen molar-refractivity contribution in [2.75, 3.05) is 34.4 Å². The molecule has 2 aromatic rings. The van der Waals surface area contributed by atoms with E-state index in [1.807, 2.05) is 59.5 Å². The molecule has 0 radical (unpaired) electrons. The lowest BCUT2D eigenvalue weighted by Crippen LogP contribution is -2.31. The number of hydrogen-bond acceptors (Lipinski definition) is 4. The Labute approximate surface area is 211 Å². The van der Waals surface area contributed by atoms with Crippen LogP contribution in [0.25, 0.3) is 18.2 Å². The van der Waals surface area contributed by atoms with Crippen LogP contribution in [-0.2, 0) is 4.79 Å². The molecule has 1 amide bonds. The molecule has 0 saturated carbocycles. The van der Waals surface area contributed by atoms with Gasteiger partial charge in [-0.25, -0.2) is 0 Å². The van der Waals surface area contributed by atoms with Crippen molar-refractivity contribution < 1.29 is 19.0 Å². The number of unbranched alkanes of at least 4 members (excludes halogenated alkanes) is 4. The van der Waals surface area contributed by atoms with Crippen LogP contribution in [0, 0.1) is 0 Å². The summed E-state index contributed by atoms with van der Waals surface area (Å²) in [5.41, 5.74) is 2.79. The summed E-state index contributed by atoms with van der Waals surface area (Å²) in [6.07, 6.45) is 14.2. The highest BCUT2D eigenvalue weighted by molar-refractivity contribution is 5.93. The maximum Gasteiger partial charge on any atom is 0.246 e. The molecule has 0 fully saturated rings. The van der Waals surface area contributed by atoms with Crippen LogP contribution in [0.15, 0.2) is 42.5 Å². The summed E-state index contributed by atoms with van der Waals surface area (Å²) in [7, 11) is 4.92. The van der Waals surface area contributed by atoms with E-state index in [1.165, 1.54) is 0 Å². The summed E-state index contributed by atoms with van der Waals surface area (Å²) in [6, 6.07) is 11.6. The van der Waals surface area contributed by atoms with Gasteiger partial charge in [0.25, 0.3) is 0 Å². The zero-order valence-corrected chi connectivity index (χ0v) is 22.0. The van der Waals surface area contributed by atoms with Crippen LogP contribution >= 0.6 is 0 Å². The van der Waals surface area contributed by atoms with Gasteiger partial charge in [0.1, 0.15) is 17.2 Å². The zero-order chi connectivity index (χ0) is 25.5. The normalized spacial score (nSPS) is 11.2. The van der Waals surface area contributed by atoms with Gasteiger partial charge >= 0.3 is 0 Å². The van der Waals surface area contributed by atoms with Gasteiger partial charge in [-0.15, -0.1) is 0 Å². The second-order valence-corrected chi connectivity index (χ2v) is 8.51. The fourth-order valence-corrected chi connectivity index (χ4v) is 3.82. The van der Waals surface area contributed by atoms with Crippen molar-refractivity contribution >= 4 is 24.1 Å². The maximum absolute atomic E-state index is 13.1. The maximum atomic E-state index is 13.1. The molecule has 2 rings (SSSR count). The van der Waals surface area contributed by atoms with Crippen LogP contribution in [0.2, 0.25) is 0 Å². The highest BCUT2D eigenvalue weighted by Gasteiger charge is 2.13. The van der Waals surface area contributed by atoms with E-state index < -0.39 is 0 Å². The van der Waals surface area contributed by atoms with Gasteiger partial charge in [0.05, 0.1) is 21.3 Å². The van der Waals surface area contributed by atoms with E-state index in [-0.39, 0.29) is 5.91 Å². The molecule has 0 aliphatic carbocycles. The van der Waals surface area contributed by atoms with Gasteiger partial charge in [0.15, 0.2) is 0 Å². The lowest BCUT2D eigenvalue weighted by molar-refractivity contribution is -0.126. The van der Waals surface area contributed by atoms with E-state index in [1.54, 1.807) is 27.4 Å². The molecule has 2 aromatic carbocycles. The number of rotatable bonds is 15. The number of hydrogen-bond donors (Lipinski definition) is 0. The Bertz CT molecular complexity index is 953. The monoisotopic (exact) mass is 479 g/mol. The number of benzene rings is 2. The quantitative estimate of drug-likeness (QED) is 0.155. The van der Waals surface area contributed by atoms with Crippen LogP contribution in [0.4, 0.5) is 0 Å². The summed E-state index contributed by atoms with van der Waals surface area (Å²) in [4.78, 5) is 15.1. The summed E-state index contributed by atoms with van der Waals surface area (Å²) >= 11 is 0. The number of ether oxygens (including phenoxy) is 3. The fraction of sp³-hybridized carbons (Fsp3) is 0.433. The lowest BCUT2D eigenvalue weighted by Gasteiger charge is -2.21. The van der Waals surface area contributed by atoms with E-state index >= 15 is 0 Å². The molecule has 0 atom stereocenters. The molecule has 0 N–H and O–H groups in total. The Balaban J connectivity index is 2.32. The van der Waals surface area contributed by atoms with E-state index in [2.05, 4.69) is 13.8 Å². The average Bonchev–Trinajstić information content (AvgIpc) is 2.89. The highest BCUT2D eigenvalue weighted by atomic mass is 16.5. The molecular formula is C30H41NO4. The smallest absolute Gasteiger partial charge is 0.246 e. The molecule has 0 unspecified atom stereocenters. The van der Waals surface area contributed by atoms with Crippen molar-refractivity contribution in [3.05, 3.63) is 59.2 Å². The van der Waals surface area contributed by atoms with E-state index in [9.17, 15) is 4.79 Å². The molecule has 0 aromatic heterocycles.